The lowest BCUT2D eigenvalue weighted by Gasteiger charge is -2.43. The van der Waals surface area contributed by atoms with Crippen LogP contribution in [0.2, 0.25) is 0 Å². The summed E-state index contributed by atoms with van der Waals surface area (Å²) >= 11 is 0. The topological polar surface area (TPSA) is 32.7 Å². The van der Waals surface area contributed by atoms with E-state index >= 15 is 0 Å². The maximum absolute atomic E-state index is 13.2. The molecule has 3 nitrogen and oxygen atoms in total. The van der Waals surface area contributed by atoms with E-state index in [2.05, 4.69) is 35.2 Å². The average molecular weight is 446 g/mol. The van der Waals surface area contributed by atoms with Crippen molar-refractivity contribution >= 4 is 0 Å². The van der Waals surface area contributed by atoms with Gasteiger partial charge in [0.25, 0.3) is 0 Å². The lowest BCUT2D eigenvalue weighted by molar-refractivity contribution is 0.0375. The highest BCUT2D eigenvalue weighted by Crippen LogP contribution is 2.51. The van der Waals surface area contributed by atoms with Gasteiger partial charge >= 0.3 is 0 Å². The summed E-state index contributed by atoms with van der Waals surface area (Å²) in [5.41, 5.74) is 3.71. The zero-order valence-electron chi connectivity index (χ0n) is 19.1. The van der Waals surface area contributed by atoms with E-state index in [-0.39, 0.29) is 17.3 Å². The highest BCUT2D eigenvalue weighted by molar-refractivity contribution is 5.49. The van der Waals surface area contributed by atoms with Gasteiger partial charge in [0.2, 0.25) is 0 Å². The van der Waals surface area contributed by atoms with Gasteiger partial charge in [0.05, 0.1) is 0 Å². The van der Waals surface area contributed by atoms with Gasteiger partial charge < -0.3 is 9.84 Å². The number of unbranched alkanes of at least 4 members (excludes halogenated alkanes) is 1. The predicted molar refractivity (Wildman–Crippen MR) is 129 cm³/mol. The number of phenols is 1. The summed E-state index contributed by atoms with van der Waals surface area (Å²) in [7, 11) is 0. The monoisotopic (exact) mass is 445 g/mol. The molecule has 0 radical (unpaired) electrons. The zero-order valence-corrected chi connectivity index (χ0v) is 19.1. The minimum absolute atomic E-state index is 0.0306. The van der Waals surface area contributed by atoms with Crippen LogP contribution in [0.1, 0.15) is 42.4 Å². The Bertz CT molecular complexity index is 1070. The van der Waals surface area contributed by atoms with Gasteiger partial charge in [-0.3, -0.25) is 4.90 Å². The molecule has 0 saturated carbocycles. The van der Waals surface area contributed by atoms with Crippen molar-refractivity contribution in [1.82, 2.24) is 4.90 Å². The summed E-state index contributed by atoms with van der Waals surface area (Å²) in [4.78, 5) is 2.47. The van der Waals surface area contributed by atoms with E-state index in [0.29, 0.717) is 5.75 Å². The maximum atomic E-state index is 13.2. The lowest BCUT2D eigenvalue weighted by Crippen LogP contribution is -2.53. The number of hydrogen-bond donors (Lipinski definition) is 1. The molecule has 2 heterocycles. The van der Waals surface area contributed by atoms with Gasteiger partial charge in [0.15, 0.2) is 0 Å². The molecule has 2 aliphatic rings. The van der Waals surface area contributed by atoms with Gasteiger partial charge in [-0.1, -0.05) is 48.9 Å². The van der Waals surface area contributed by atoms with E-state index in [1.54, 1.807) is 6.07 Å². The number of phenolic OH excluding ortho intramolecular Hbond substituents is 1. The van der Waals surface area contributed by atoms with Crippen molar-refractivity contribution in [3.8, 4) is 11.5 Å². The van der Waals surface area contributed by atoms with Crippen molar-refractivity contribution in [2.75, 3.05) is 19.6 Å². The number of rotatable bonds is 8. The van der Waals surface area contributed by atoms with Gasteiger partial charge in [-0.15, -0.1) is 0 Å². The van der Waals surface area contributed by atoms with E-state index < -0.39 is 0 Å². The van der Waals surface area contributed by atoms with Crippen molar-refractivity contribution in [3.05, 3.63) is 95.3 Å². The number of aryl methyl sites for hydroxylation is 1. The number of aromatic hydroxyl groups is 1. The van der Waals surface area contributed by atoms with Crippen LogP contribution in [0.5, 0.6) is 11.5 Å². The SMILES string of the molecule is Oc1ccc2c(c1)[C@]1(CCCCc3ccccc3)CCN(CCc3ccc(F)cc3)C[C@@H]1O2. The van der Waals surface area contributed by atoms with Crippen LogP contribution in [0.4, 0.5) is 4.39 Å². The summed E-state index contributed by atoms with van der Waals surface area (Å²) < 4.78 is 19.7. The second-order valence-electron chi connectivity index (χ2n) is 9.56. The van der Waals surface area contributed by atoms with Crippen molar-refractivity contribution in [2.24, 2.45) is 0 Å². The van der Waals surface area contributed by atoms with Crippen LogP contribution in [-0.2, 0) is 18.3 Å². The number of hydrogen-bond acceptors (Lipinski definition) is 3. The van der Waals surface area contributed by atoms with Crippen molar-refractivity contribution < 1.29 is 14.2 Å². The van der Waals surface area contributed by atoms with E-state index in [0.717, 1.165) is 69.5 Å². The minimum Gasteiger partial charge on any atom is -0.508 e. The summed E-state index contributed by atoms with van der Waals surface area (Å²) in [6, 6.07) is 23.1. The lowest BCUT2D eigenvalue weighted by atomic mass is 9.68. The number of halogens is 1. The highest BCUT2D eigenvalue weighted by Gasteiger charge is 2.51. The number of piperidine rings is 1. The molecule has 5 rings (SSSR count). The minimum atomic E-state index is -0.186. The molecule has 0 aliphatic carbocycles. The highest BCUT2D eigenvalue weighted by atomic mass is 19.1. The van der Waals surface area contributed by atoms with E-state index in [1.807, 2.05) is 24.3 Å². The maximum Gasteiger partial charge on any atom is 0.124 e. The summed E-state index contributed by atoms with van der Waals surface area (Å²) in [6.45, 7) is 2.83. The molecule has 1 N–H and O–H groups in total. The Labute approximate surface area is 195 Å². The molecule has 3 aromatic rings. The Balaban J connectivity index is 1.26. The van der Waals surface area contributed by atoms with Crippen LogP contribution in [0, 0.1) is 5.82 Å². The Morgan fingerprint density at radius 3 is 2.55 bits per heavy atom. The van der Waals surface area contributed by atoms with E-state index in [9.17, 15) is 9.50 Å². The quantitative estimate of drug-likeness (QED) is 0.439. The molecule has 2 atom stereocenters. The molecular formula is C29H32FNO2. The Kier molecular flexibility index (Phi) is 6.37. The summed E-state index contributed by atoms with van der Waals surface area (Å²) in [5.74, 6) is 1.07. The van der Waals surface area contributed by atoms with Crippen LogP contribution >= 0.6 is 0 Å². The van der Waals surface area contributed by atoms with Crippen LogP contribution in [0.3, 0.4) is 0 Å². The number of ether oxygens (including phenoxy) is 1. The van der Waals surface area contributed by atoms with E-state index in [4.69, 9.17) is 4.74 Å². The first kappa shape index (κ1) is 22.0. The van der Waals surface area contributed by atoms with Crippen LogP contribution in [0.15, 0.2) is 72.8 Å². The van der Waals surface area contributed by atoms with Gasteiger partial charge in [-0.2, -0.15) is 0 Å². The molecule has 0 amide bonds. The third-order valence-corrected chi connectivity index (χ3v) is 7.49. The standard InChI is InChI=1S/C29H32FNO2/c30-24-11-9-23(10-12-24)15-18-31-19-17-29(16-5-4-8-22-6-2-1-3-7-22)26-20-25(32)13-14-27(26)33-28(29)21-31/h1-3,6-7,9-14,20,28,32H,4-5,8,15-19,21H2/t28-,29-/m0/s1. The molecule has 3 aromatic carbocycles. The molecule has 172 valence electrons. The zero-order chi connectivity index (χ0) is 22.7. The molecule has 0 bridgehead atoms. The average Bonchev–Trinajstić information content (AvgIpc) is 3.15. The third kappa shape index (κ3) is 4.77. The van der Waals surface area contributed by atoms with E-state index in [1.165, 1.54) is 23.3 Å². The second-order valence-corrected chi connectivity index (χ2v) is 9.56. The van der Waals surface area contributed by atoms with Crippen LogP contribution in [0.25, 0.3) is 0 Å². The molecule has 0 unspecified atom stereocenters. The summed E-state index contributed by atoms with van der Waals surface area (Å²) in [5, 5.41) is 10.2. The second kappa shape index (κ2) is 9.56. The molecule has 2 aliphatic heterocycles. The molecule has 33 heavy (non-hydrogen) atoms. The molecular weight excluding hydrogens is 413 g/mol. The largest absolute Gasteiger partial charge is 0.508 e. The number of likely N-dealkylation sites (tertiary alicyclic amines) is 1. The van der Waals surface area contributed by atoms with Crippen LogP contribution in [-0.4, -0.2) is 35.7 Å². The molecule has 4 heteroatoms. The first-order valence-corrected chi connectivity index (χ1v) is 12.1. The Morgan fingerprint density at radius 2 is 1.73 bits per heavy atom. The van der Waals surface area contributed by atoms with Crippen molar-refractivity contribution in [3.63, 3.8) is 0 Å². The normalized spacial score (nSPS) is 21.9. The molecule has 1 saturated heterocycles. The van der Waals surface area contributed by atoms with Crippen LogP contribution < -0.4 is 4.74 Å². The number of nitrogens with zero attached hydrogens (tertiary/aromatic N) is 1. The van der Waals surface area contributed by atoms with Crippen molar-refractivity contribution in [2.45, 2.75) is 50.0 Å². The smallest absolute Gasteiger partial charge is 0.124 e. The Hall–Kier alpha value is -2.85. The number of benzene rings is 3. The molecule has 0 spiro atoms. The molecule has 0 aromatic heterocycles. The fourth-order valence-corrected chi connectivity index (χ4v) is 5.62. The Morgan fingerprint density at radius 1 is 0.939 bits per heavy atom. The fraction of sp³-hybridized carbons (Fsp3) is 0.379. The predicted octanol–water partition coefficient (Wildman–Crippen LogP) is 5.89. The van der Waals surface area contributed by atoms with Gasteiger partial charge in [-0.05, 0) is 80.1 Å². The van der Waals surface area contributed by atoms with Crippen molar-refractivity contribution in [1.29, 1.82) is 0 Å². The summed E-state index contributed by atoms with van der Waals surface area (Å²) in [6.07, 6.45) is 6.51. The van der Waals surface area contributed by atoms with Gasteiger partial charge in [0.1, 0.15) is 23.4 Å². The fourth-order valence-electron chi connectivity index (χ4n) is 5.62. The third-order valence-electron chi connectivity index (χ3n) is 7.49. The van der Waals surface area contributed by atoms with Gasteiger partial charge in [-0.25, -0.2) is 4.39 Å². The number of fused-ring (bicyclic) bond motifs is 3. The van der Waals surface area contributed by atoms with Gasteiger partial charge in [0, 0.05) is 24.1 Å². The first-order valence-electron chi connectivity index (χ1n) is 12.1. The first-order chi connectivity index (χ1) is 16.1. The molecule has 1 fully saturated rings.